The summed E-state index contributed by atoms with van der Waals surface area (Å²) in [4.78, 5) is 14.7. The summed E-state index contributed by atoms with van der Waals surface area (Å²) in [5, 5.41) is 10.2. The van der Waals surface area contributed by atoms with E-state index in [0.29, 0.717) is 12.3 Å². The van der Waals surface area contributed by atoms with E-state index < -0.39 is 0 Å². The SMILES string of the molecule is O=C(CC1CCCO1)N1CCCCC1C1CCCC1O. The van der Waals surface area contributed by atoms with Gasteiger partial charge in [0.1, 0.15) is 0 Å². The van der Waals surface area contributed by atoms with E-state index in [1.165, 1.54) is 6.42 Å². The van der Waals surface area contributed by atoms with Crippen molar-refractivity contribution in [2.45, 2.75) is 76.0 Å². The average molecular weight is 281 g/mol. The molecule has 1 N–H and O–H groups in total. The van der Waals surface area contributed by atoms with Crippen molar-refractivity contribution < 1.29 is 14.6 Å². The Labute approximate surface area is 121 Å². The van der Waals surface area contributed by atoms with Gasteiger partial charge in [0.15, 0.2) is 0 Å². The summed E-state index contributed by atoms with van der Waals surface area (Å²) >= 11 is 0. The molecule has 1 saturated carbocycles. The lowest BCUT2D eigenvalue weighted by Crippen LogP contribution is -2.49. The Hall–Kier alpha value is -0.610. The quantitative estimate of drug-likeness (QED) is 0.862. The van der Waals surface area contributed by atoms with Crippen molar-refractivity contribution in [3.63, 3.8) is 0 Å². The normalized spacial score (nSPS) is 38.4. The molecule has 0 aromatic heterocycles. The molecular formula is C16H27NO3. The number of hydrogen-bond donors (Lipinski definition) is 1. The fourth-order valence-corrected chi connectivity index (χ4v) is 4.25. The Morgan fingerprint density at radius 3 is 2.70 bits per heavy atom. The molecule has 20 heavy (non-hydrogen) atoms. The molecular weight excluding hydrogens is 254 g/mol. The third kappa shape index (κ3) is 3.01. The molecule has 2 aliphatic heterocycles. The number of ether oxygens (including phenoxy) is 1. The van der Waals surface area contributed by atoms with Gasteiger partial charge in [-0.05, 0) is 44.9 Å². The van der Waals surface area contributed by atoms with E-state index in [-0.39, 0.29) is 24.2 Å². The third-order valence-electron chi connectivity index (χ3n) is 5.32. The van der Waals surface area contributed by atoms with E-state index >= 15 is 0 Å². The number of piperidine rings is 1. The van der Waals surface area contributed by atoms with E-state index in [4.69, 9.17) is 4.74 Å². The Morgan fingerprint density at radius 2 is 2.00 bits per heavy atom. The second kappa shape index (κ2) is 6.44. The van der Waals surface area contributed by atoms with Crippen LogP contribution in [0, 0.1) is 5.92 Å². The molecule has 3 fully saturated rings. The van der Waals surface area contributed by atoms with Crippen molar-refractivity contribution >= 4 is 5.91 Å². The van der Waals surface area contributed by atoms with Gasteiger partial charge in [-0.1, -0.05) is 6.42 Å². The fraction of sp³-hybridized carbons (Fsp3) is 0.938. The zero-order chi connectivity index (χ0) is 13.9. The lowest BCUT2D eigenvalue weighted by Gasteiger charge is -2.40. The van der Waals surface area contributed by atoms with Crippen LogP contribution in [-0.4, -0.2) is 47.3 Å². The first-order chi connectivity index (χ1) is 9.75. The van der Waals surface area contributed by atoms with Crippen LogP contribution in [0.25, 0.3) is 0 Å². The maximum atomic E-state index is 12.6. The summed E-state index contributed by atoms with van der Waals surface area (Å²) in [6.07, 6.45) is 9.06. The summed E-state index contributed by atoms with van der Waals surface area (Å²) in [6, 6.07) is 0.273. The maximum absolute atomic E-state index is 12.6. The van der Waals surface area contributed by atoms with Crippen LogP contribution in [0.5, 0.6) is 0 Å². The molecule has 2 heterocycles. The first-order valence-corrected chi connectivity index (χ1v) is 8.35. The van der Waals surface area contributed by atoms with Gasteiger partial charge in [0.25, 0.3) is 0 Å². The van der Waals surface area contributed by atoms with Gasteiger partial charge in [0.2, 0.25) is 5.91 Å². The predicted octanol–water partition coefficient (Wildman–Crippen LogP) is 2.10. The van der Waals surface area contributed by atoms with Crippen LogP contribution in [0.3, 0.4) is 0 Å². The Morgan fingerprint density at radius 1 is 1.10 bits per heavy atom. The standard InChI is InChI=1S/C16H27NO3/c18-15-8-3-6-13(15)14-7-1-2-9-17(14)16(19)11-12-5-4-10-20-12/h12-15,18H,1-11H2. The zero-order valence-electron chi connectivity index (χ0n) is 12.3. The Kier molecular flexibility index (Phi) is 4.61. The highest BCUT2D eigenvalue weighted by atomic mass is 16.5. The molecule has 0 aromatic carbocycles. The van der Waals surface area contributed by atoms with Crippen LogP contribution in [0.1, 0.15) is 57.8 Å². The molecule has 0 aromatic rings. The molecule has 0 spiro atoms. The summed E-state index contributed by atoms with van der Waals surface area (Å²) in [5.41, 5.74) is 0. The highest BCUT2D eigenvalue weighted by Crippen LogP contribution is 2.35. The lowest BCUT2D eigenvalue weighted by atomic mass is 9.87. The van der Waals surface area contributed by atoms with Gasteiger partial charge in [-0.3, -0.25) is 4.79 Å². The number of likely N-dealkylation sites (tertiary alicyclic amines) is 1. The van der Waals surface area contributed by atoms with Crippen molar-refractivity contribution in [2.75, 3.05) is 13.2 Å². The largest absolute Gasteiger partial charge is 0.393 e. The van der Waals surface area contributed by atoms with Crippen LogP contribution in [0.2, 0.25) is 0 Å². The fourth-order valence-electron chi connectivity index (χ4n) is 4.25. The molecule has 114 valence electrons. The number of aliphatic hydroxyl groups is 1. The lowest BCUT2D eigenvalue weighted by molar-refractivity contribution is -0.139. The second-order valence-corrected chi connectivity index (χ2v) is 6.65. The minimum Gasteiger partial charge on any atom is -0.393 e. The van der Waals surface area contributed by atoms with Crippen LogP contribution in [-0.2, 0) is 9.53 Å². The molecule has 1 aliphatic carbocycles. The minimum atomic E-state index is -0.198. The molecule has 4 nitrogen and oxygen atoms in total. The van der Waals surface area contributed by atoms with E-state index in [1.54, 1.807) is 0 Å². The number of carbonyl (C=O) groups is 1. The van der Waals surface area contributed by atoms with E-state index in [0.717, 1.165) is 58.1 Å². The summed E-state index contributed by atoms with van der Waals surface area (Å²) in [6.45, 7) is 1.68. The summed E-state index contributed by atoms with van der Waals surface area (Å²) in [7, 11) is 0. The molecule has 4 unspecified atom stereocenters. The van der Waals surface area contributed by atoms with Crippen molar-refractivity contribution in [3.8, 4) is 0 Å². The molecule has 4 atom stereocenters. The second-order valence-electron chi connectivity index (χ2n) is 6.65. The molecule has 4 heteroatoms. The van der Waals surface area contributed by atoms with Gasteiger partial charge in [0.05, 0.1) is 18.6 Å². The molecule has 3 rings (SSSR count). The minimum absolute atomic E-state index is 0.138. The van der Waals surface area contributed by atoms with Crippen LogP contribution in [0.4, 0.5) is 0 Å². The average Bonchev–Trinajstić information content (AvgIpc) is 3.10. The van der Waals surface area contributed by atoms with Crippen molar-refractivity contribution in [2.24, 2.45) is 5.92 Å². The summed E-state index contributed by atoms with van der Waals surface area (Å²) in [5.74, 6) is 0.560. The van der Waals surface area contributed by atoms with Gasteiger partial charge >= 0.3 is 0 Å². The predicted molar refractivity (Wildman–Crippen MR) is 76.3 cm³/mol. The van der Waals surface area contributed by atoms with Crippen molar-refractivity contribution in [1.29, 1.82) is 0 Å². The number of hydrogen-bond acceptors (Lipinski definition) is 3. The summed E-state index contributed by atoms with van der Waals surface area (Å²) < 4.78 is 5.60. The molecule has 0 radical (unpaired) electrons. The van der Waals surface area contributed by atoms with Gasteiger partial charge in [-0.25, -0.2) is 0 Å². The number of rotatable bonds is 3. The first kappa shape index (κ1) is 14.3. The van der Waals surface area contributed by atoms with Crippen molar-refractivity contribution in [1.82, 2.24) is 4.90 Å². The van der Waals surface area contributed by atoms with Crippen LogP contribution >= 0.6 is 0 Å². The molecule has 0 bridgehead atoms. The topological polar surface area (TPSA) is 49.8 Å². The molecule has 3 aliphatic rings. The number of nitrogens with zero attached hydrogens (tertiary/aromatic N) is 1. The Bertz CT molecular complexity index is 341. The first-order valence-electron chi connectivity index (χ1n) is 8.35. The number of aliphatic hydroxyl groups excluding tert-OH is 1. The number of amides is 1. The van der Waals surface area contributed by atoms with Crippen molar-refractivity contribution in [3.05, 3.63) is 0 Å². The van der Waals surface area contributed by atoms with E-state index in [2.05, 4.69) is 4.90 Å². The van der Waals surface area contributed by atoms with Crippen LogP contribution in [0.15, 0.2) is 0 Å². The third-order valence-corrected chi connectivity index (χ3v) is 5.32. The van der Waals surface area contributed by atoms with Gasteiger partial charge < -0.3 is 14.7 Å². The van der Waals surface area contributed by atoms with E-state index in [9.17, 15) is 9.90 Å². The zero-order valence-corrected chi connectivity index (χ0v) is 12.3. The van der Waals surface area contributed by atoms with Gasteiger partial charge in [-0.2, -0.15) is 0 Å². The Balaban J connectivity index is 1.63. The van der Waals surface area contributed by atoms with Gasteiger partial charge in [-0.15, -0.1) is 0 Å². The monoisotopic (exact) mass is 281 g/mol. The maximum Gasteiger partial charge on any atom is 0.225 e. The van der Waals surface area contributed by atoms with Crippen LogP contribution < -0.4 is 0 Å². The number of carbonyl (C=O) groups excluding carboxylic acids is 1. The molecule has 2 saturated heterocycles. The molecule has 1 amide bonds. The smallest absolute Gasteiger partial charge is 0.225 e. The van der Waals surface area contributed by atoms with Gasteiger partial charge in [0, 0.05) is 25.1 Å². The highest BCUT2D eigenvalue weighted by molar-refractivity contribution is 5.77. The van der Waals surface area contributed by atoms with E-state index in [1.807, 2.05) is 0 Å². The highest BCUT2D eigenvalue weighted by Gasteiger charge is 2.39.